The third-order valence-corrected chi connectivity index (χ3v) is 1.88. The van der Waals surface area contributed by atoms with Gasteiger partial charge in [0.15, 0.2) is 0 Å². The van der Waals surface area contributed by atoms with Crippen LogP contribution in [0.3, 0.4) is 0 Å². The minimum absolute atomic E-state index is 0.226. The second kappa shape index (κ2) is 7.11. The van der Waals surface area contributed by atoms with Crippen molar-refractivity contribution < 1.29 is 14.3 Å². The van der Waals surface area contributed by atoms with Crippen LogP contribution in [0.5, 0.6) is 0 Å². The molecule has 0 spiro atoms. The SMILES string of the molecule is CCCCOC(=O)NC(=O)C(C)I. The maximum Gasteiger partial charge on any atom is 0.413 e. The average molecular weight is 299 g/mol. The number of hydrogen-bond acceptors (Lipinski definition) is 3. The van der Waals surface area contributed by atoms with Crippen molar-refractivity contribution in [1.29, 1.82) is 0 Å². The Bertz CT molecular complexity index is 182. The van der Waals surface area contributed by atoms with E-state index >= 15 is 0 Å². The molecule has 1 unspecified atom stereocenters. The Labute approximate surface area is 91.5 Å². The molecule has 0 bridgehead atoms. The summed E-state index contributed by atoms with van der Waals surface area (Å²) in [5.74, 6) is -0.318. The number of carbonyl (C=O) groups excluding carboxylic acids is 2. The van der Waals surface area contributed by atoms with Crippen molar-refractivity contribution >= 4 is 34.6 Å². The van der Waals surface area contributed by atoms with Gasteiger partial charge in [-0.25, -0.2) is 4.79 Å². The number of imide groups is 1. The fourth-order valence-corrected chi connectivity index (χ4v) is 0.701. The molecule has 0 heterocycles. The van der Waals surface area contributed by atoms with Gasteiger partial charge >= 0.3 is 6.09 Å². The van der Waals surface area contributed by atoms with Crippen LogP contribution in [0.15, 0.2) is 0 Å². The van der Waals surface area contributed by atoms with Crippen LogP contribution in [0.1, 0.15) is 26.7 Å². The highest BCUT2D eigenvalue weighted by molar-refractivity contribution is 14.1. The quantitative estimate of drug-likeness (QED) is 0.490. The second-order valence-corrected chi connectivity index (χ2v) is 4.46. The molecule has 4 nitrogen and oxygen atoms in total. The fraction of sp³-hybridized carbons (Fsp3) is 0.750. The van der Waals surface area contributed by atoms with Crippen molar-refractivity contribution in [3.8, 4) is 0 Å². The zero-order valence-electron chi connectivity index (χ0n) is 7.80. The first-order valence-corrected chi connectivity index (χ1v) is 5.44. The van der Waals surface area contributed by atoms with Gasteiger partial charge in [-0.2, -0.15) is 0 Å². The van der Waals surface area contributed by atoms with E-state index in [2.05, 4.69) is 5.32 Å². The summed E-state index contributed by atoms with van der Waals surface area (Å²) in [5.41, 5.74) is 0. The molecule has 2 amide bonds. The van der Waals surface area contributed by atoms with Gasteiger partial charge in [0.1, 0.15) is 0 Å². The topological polar surface area (TPSA) is 55.4 Å². The van der Waals surface area contributed by atoms with Crippen molar-refractivity contribution in [2.45, 2.75) is 30.6 Å². The van der Waals surface area contributed by atoms with Gasteiger partial charge in [-0.1, -0.05) is 35.9 Å². The number of ether oxygens (including phenoxy) is 1. The highest BCUT2D eigenvalue weighted by Crippen LogP contribution is 1.97. The molecular weight excluding hydrogens is 285 g/mol. The molecule has 0 aliphatic carbocycles. The summed E-state index contributed by atoms with van der Waals surface area (Å²) < 4.78 is 4.50. The first-order chi connectivity index (χ1) is 6.07. The van der Waals surface area contributed by atoms with Gasteiger partial charge in [0.2, 0.25) is 5.91 Å². The summed E-state index contributed by atoms with van der Waals surface area (Å²) in [6, 6.07) is 0. The second-order valence-electron chi connectivity index (χ2n) is 2.59. The van der Waals surface area contributed by atoms with Crippen LogP contribution in [0.4, 0.5) is 4.79 Å². The van der Waals surface area contributed by atoms with E-state index in [1.807, 2.05) is 29.5 Å². The van der Waals surface area contributed by atoms with Crippen molar-refractivity contribution in [2.75, 3.05) is 6.61 Å². The van der Waals surface area contributed by atoms with Gasteiger partial charge in [0.25, 0.3) is 0 Å². The van der Waals surface area contributed by atoms with Gasteiger partial charge in [-0.3, -0.25) is 10.1 Å². The summed E-state index contributed by atoms with van der Waals surface area (Å²) in [4.78, 5) is 21.8. The summed E-state index contributed by atoms with van der Waals surface area (Å²) in [5, 5.41) is 2.13. The van der Waals surface area contributed by atoms with Crippen molar-refractivity contribution in [3.05, 3.63) is 0 Å². The minimum atomic E-state index is -0.651. The Hall–Kier alpha value is -0.330. The van der Waals surface area contributed by atoms with E-state index in [0.29, 0.717) is 6.61 Å². The van der Waals surface area contributed by atoms with E-state index in [0.717, 1.165) is 12.8 Å². The standard InChI is InChI=1S/C8H14INO3/c1-3-4-5-13-8(12)10-7(11)6(2)9/h6H,3-5H2,1-2H3,(H,10,11,12). The van der Waals surface area contributed by atoms with Crippen LogP contribution >= 0.6 is 22.6 Å². The molecule has 13 heavy (non-hydrogen) atoms. The lowest BCUT2D eigenvalue weighted by Crippen LogP contribution is -2.35. The van der Waals surface area contributed by atoms with Crippen molar-refractivity contribution in [1.82, 2.24) is 5.32 Å². The van der Waals surface area contributed by atoms with E-state index in [-0.39, 0.29) is 9.83 Å². The molecule has 0 saturated heterocycles. The Balaban J connectivity index is 3.56. The van der Waals surface area contributed by atoms with E-state index in [1.165, 1.54) is 0 Å². The molecule has 0 radical (unpaired) electrons. The lowest BCUT2D eigenvalue weighted by Gasteiger charge is -2.05. The van der Waals surface area contributed by atoms with E-state index in [1.54, 1.807) is 6.92 Å². The molecule has 1 atom stereocenters. The van der Waals surface area contributed by atoms with E-state index in [9.17, 15) is 9.59 Å². The smallest absolute Gasteiger partial charge is 0.413 e. The van der Waals surface area contributed by atoms with Gasteiger partial charge in [0.05, 0.1) is 10.5 Å². The Morgan fingerprint density at radius 2 is 2.15 bits per heavy atom. The van der Waals surface area contributed by atoms with Crippen LogP contribution in [0.25, 0.3) is 0 Å². The summed E-state index contributed by atoms with van der Waals surface area (Å²) in [6.07, 6.45) is 1.13. The summed E-state index contributed by atoms with van der Waals surface area (Å²) in [6.45, 7) is 4.07. The van der Waals surface area contributed by atoms with Gasteiger partial charge in [-0.15, -0.1) is 0 Å². The Kier molecular flexibility index (Phi) is 6.93. The van der Waals surface area contributed by atoms with Crippen LogP contribution in [0, 0.1) is 0 Å². The third-order valence-electron chi connectivity index (χ3n) is 1.32. The molecule has 0 saturated carbocycles. The van der Waals surface area contributed by atoms with E-state index < -0.39 is 6.09 Å². The zero-order valence-corrected chi connectivity index (χ0v) is 9.96. The third kappa shape index (κ3) is 6.80. The molecule has 0 aliphatic rings. The first-order valence-electron chi connectivity index (χ1n) is 4.19. The maximum absolute atomic E-state index is 11.0. The number of nitrogens with one attached hydrogen (secondary N) is 1. The molecule has 0 aliphatic heterocycles. The number of carbonyl (C=O) groups is 2. The number of unbranched alkanes of at least 4 members (excludes halogenated alkanes) is 1. The molecule has 5 heteroatoms. The number of alkyl carbamates (subject to hydrolysis) is 1. The maximum atomic E-state index is 11.0. The molecule has 0 rings (SSSR count). The highest BCUT2D eigenvalue weighted by atomic mass is 127. The van der Waals surface area contributed by atoms with Crippen LogP contribution in [-0.2, 0) is 9.53 Å². The van der Waals surface area contributed by atoms with Gasteiger partial charge in [0, 0.05) is 0 Å². The predicted octanol–water partition coefficient (Wildman–Crippen LogP) is 1.86. The molecule has 1 N–H and O–H groups in total. The highest BCUT2D eigenvalue weighted by Gasteiger charge is 2.12. The number of amides is 2. The number of halogens is 1. The number of hydrogen-bond donors (Lipinski definition) is 1. The number of alkyl halides is 1. The largest absolute Gasteiger partial charge is 0.449 e. The monoisotopic (exact) mass is 299 g/mol. The normalized spacial score (nSPS) is 11.9. The molecule has 0 fully saturated rings. The van der Waals surface area contributed by atoms with Crippen LogP contribution in [0.2, 0.25) is 0 Å². The lowest BCUT2D eigenvalue weighted by atomic mass is 10.4. The van der Waals surface area contributed by atoms with Gasteiger partial charge in [-0.05, 0) is 13.3 Å². The van der Waals surface area contributed by atoms with Crippen LogP contribution in [-0.4, -0.2) is 22.5 Å². The average Bonchev–Trinajstić information content (AvgIpc) is 2.04. The number of rotatable bonds is 4. The Morgan fingerprint density at radius 1 is 1.54 bits per heavy atom. The van der Waals surface area contributed by atoms with Crippen LogP contribution < -0.4 is 5.32 Å². The first kappa shape index (κ1) is 12.7. The summed E-state index contributed by atoms with van der Waals surface area (Å²) >= 11 is 1.93. The zero-order chi connectivity index (χ0) is 10.3. The molecular formula is C8H14INO3. The predicted molar refractivity (Wildman–Crippen MR) is 57.9 cm³/mol. The van der Waals surface area contributed by atoms with E-state index in [4.69, 9.17) is 4.74 Å². The van der Waals surface area contributed by atoms with Crippen molar-refractivity contribution in [3.63, 3.8) is 0 Å². The van der Waals surface area contributed by atoms with Gasteiger partial charge < -0.3 is 4.74 Å². The molecule has 0 aromatic heterocycles. The fourth-order valence-electron chi connectivity index (χ4n) is 0.545. The minimum Gasteiger partial charge on any atom is -0.449 e. The molecule has 0 aromatic rings. The van der Waals surface area contributed by atoms with Crippen molar-refractivity contribution in [2.24, 2.45) is 0 Å². The lowest BCUT2D eigenvalue weighted by molar-refractivity contribution is -0.119. The molecule has 76 valence electrons. The Morgan fingerprint density at radius 3 is 2.62 bits per heavy atom. The molecule has 0 aromatic carbocycles. The summed E-state index contributed by atoms with van der Waals surface area (Å²) in [7, 11) is 0.